The molecule has 16 heavy (non-hydrogen) atoms. The highest BCUT2D eigenvalue weighted by atomic mass is 32.1. The van der Waals surface area contributed by atoms with Crippen molar-refractivity contribution in [2.75, 3.05) is 0 Å². The Balaban J connectivity index is 2.15. The van der Waals surface area contributed by atoms with E-state index in [9.17, 15) is 9.50 Å². The van der Waals surface area contributed by atoms with Gasteiger partial charge in [-0.1, -0.05) is 6.07 Å². The van der Waals surface area contributed by atoms with E-state index in [1.165, 1.54) is 12.1 Å². The highest BCUT2D eigenvalue weighted by Crippen LogP contribution is 2.42. The third-order valence-corrected chi connectivity index (χ3v) is 3.95. The van der Waals surface area contributed by atoms with Crippen LogP contribution in [0.2, 0.25) is 0 Å². The zero-order valence-electron chi connectivity index (χ0n) is 8.61. The van der Waals surface area contributed by atoms with E-state index in [4.69, 9.17) is 0 Å². The first-order valence-electron chi connectivity index (χ1n) is 5.24. The highest BCUT2D eigenvalue weighted by molar-refractivity contribution is 7.08. The maximum absolute atomic E-state index is 13.1. The average molecular weight is 234 g/mol. The summed E-state index contributed by atoms with van der Waals surface area (Å²) < 4.78 is 13.1. The second kappa shape index (κ2) is 3.40. The first-order chi connectivity index (χ1) is 7.70. The van der Waals surface area contributed by atoms with Crippen LogP contribution in [0, 0.1) is 5.82 Å². The molecule has 1 N–H and O–H groups in total. The average Bonchev–Trinajstić information content (AvgIpc) is 2.87. The molecule has 0 spiro atoms. The van der Waals surface area contributed by atoms with Crippen molar-refractivity contribution in [1.82, 2.24) is 0 Å². The van der Waals surface area contributed by atoms with Crippen molar-refractivity contribution in [2.24, 2.45) is 0 Å². The second-order valence-corrected chi connectivity index (χ2v) is 4.95. The number of hydrogen-bond donors (Lipinski definition) is 1. The van der Waals surface area contributed by atoms with Crippen molar-refractivity contribution >= 4 is 11.3 Å². The number of aryl methyl sites for hydroxylation is 1. The lowest BCUT2D eigenvalue weighted by atomic mass is 9.90. The predicted molar refractivity (Wildman–Crippen MR) is 62.0 cm³/mol. The monoisotopic (exact) mass is 234 g/mol. The summed E-state index contributed by atoms with van der Waals surface area (Å²) in [6, 6.07) is 6.58. The Morgan fingerprint density at radius 1 is 1.31 bits per heavy atom. The van der Waals surface area contributed by atoms with Gasteiger partial charge in [0.15, 0.2) is 0 Å². The Hall–Kier alpha value is -1.19. The molecule has 2 aromatic rings. The van der Waals surface area contributed by atoms with E-state index in [2.05, 4.69) is 0 Å². The molecule has 0 fully saturated rings. The fourth-order valence-corrected chi connectivity index (χ4v) is 3.15. The summed E-state index contributed by atoms with van der Waals surface area (Å²) >= 11 is 1.57. The Kier molecular flexibility index (Phi) is 2.13. The largest absolute Gasteiger partial charge is 0.380 e. The standard InChI is InChI=1S/C13H11FOS/c14-11-1-2-12-9(7-11)3-5-13(12,15)10-4-6-16-8-10/h1-2,4,6-8,15H,3,5H2. The molecule has 3 rings (SSSR count). The van der Waals surface area contributed by atoms with Crippen molar-refractivity contribution in [3.63, 3.8) is 0 Å². The van der Waals surface area contributed by atoms with Gasteiger partial charge in [-0.25, -0.2) is 4.39 Å². The molecule has 1 aliphatic carbocycles. The number of halogens is 1. The van der Waals surface area contributed by atoms with E-state index in [1.54, 1.807) is 17.4 Å². The van der Waals surface area contributed by atoms with Crippen LogP contribution >= 0.6 is 11.3 Å². The van der Waals surface area contributed by atoms with E-state index in [1.807, 2.05) is 16.8 Å². The molecule has 1 aromatic carbocycles. The molecule has 1 atom stereocenters. The van der Waals surface area contributed by atoms with Gasteiger partial charge in [0.25, 0.3) is 0 Å². The molecule has 1 aliphatic rings. The molecule has 0 saturated heterocycles. The SMILES string of the molecule is OC1(c2ccsc2)CCc2cc(F)ccc21. The van der Waals surface area contributed by atoms with Crippen LogP contribution in [-0.4, -0.2) is 5.11 Å². The summed E-state index contributed by atoms with van der Waals surface area (Å²) in [6.45, 7) is 0. The summed E-state index contributed by atoms with van der Waals surface area (Å²) in [6.07, 6.45) is 1.38. The molecule has 0 amide bonds. The topological polar surface area (TPSA) is 20.2 Å². The smallest absolute Gasteiger partial charge is 0.123 e. The zero-order valence-corrected chi connectivity index (χ0v) is 9.43. The normalized spacial score (nSPS) is 23.4. The fraction of sp³-hybridized carbons (Fsp3) is 0.231. The predicted octanol–water partition coefficient (Wildman–Crippen LogP) is 3.07. The molecule has 82 valence electrons. The van der Waals surface area contributed by atoms with Crippen LogP contribution in [0.25, 0.3) is 0 Å². The minimum absolute atomic E-state index is 0.228. The number of benzene rings is 1. The van der Waals surface area contributed by atoms with Crippen molar-refractivity contribution in [3.8, 4) is 0 Å². The van der Waals surface area contributed by atoms with Gasteiger partial charge >= 0.3 is 0 Å². The molecule has 3 heteroatoms. The lowest BCUT2D eigenvalue weighted by Gasteiger charge is -2.23. The molecule has 0 bridgehead atoms. The Labute approximate surface area is 97.2 Å². The van der Waals surface area contributed by atoms with Crippen molar-refractivity contribution in [1.29, 1.82) is 0 Å². The Morgan fingerprint density at radius 2 is 2.19 bits per heavy atom. The van der Waals surface area contributed by atoms with Crippen molar-refractivity contribution < 1.29 is 9.50 Å². The number of fused-ring (bicyclic) bond motifs is 1. The molecule has 1 unspecified atom stereocenters. The van der Waals surface area contributed by atoms with Crippen LogP contribution in [0.1, 0.15) is 23.1 Å². The lowest BCUT2D eigenvalue weighted by Crippen LogP contribution is -2.22. The van der Waals surface area contributed by atoms with Gasteiger partial charge in [-0.2, -0.15) is 11.3 Å². The van der Waals surface area contributed by atoms with Crippen LogP contribution in [0.3, 0.4) is 0 Å². The summed E-state index contributed by atoms with van der Waals surface area (Å²) in [7, 11) is 0. The molecule has 1 heterocycles. The van der Waals surface area contributed by atoms with Crippen LogP contribution in [0.15, 0.2) is 35.0 Å². The number of aliphatic hydroxyl groups is 1. The summed E-state index contributed by atoms with van der Waals surface area (Å²) in [5.74, 6) is -0.228. The van der Waals surface area contributed by atoms with Crippen LogP contribution in [0.5, 0.6) is 0 Å². The van der Waals surface area contributed by atoms with Crippen molar-refractivity contribution in [3.05, 3.63) is 57.5 Å². The van der Waals surface area contributed by atoms with Gasteiger partial charge in [-0.15, -0.1) is 0 Å². The van der Waals surface area contributed by atoms with E-state index in [-0.39, 0.29) is 5.82 Å². The quantitative estimate of drug-likeness (QED) is 0.804. The third-order valence-electron chi connectivity index (χ3n) is 3.27. The third kappa shape index (κ3) is 1.32. The van der Waals surface area contributed by atoms with Gasteiger partial charge in [-0.3, -0.25) is 0 Å². The molecule has 0 aliphatic heterocycles. The van der Waals surface area contributed by atoms with Gasteiger partial charge in [-0.05, 0) is 58.5 Å². The fourth-order valence-electron chi connectivity index (χ4n) is 2.42. The molecular weight excluding hydrogens is 223 g/mol. The molecule has 1 nitrogen and oxygen atoms in total. The van der Waals surface area contributed by atoms with Crippen LogP contribution in [-0.2, 0) is 12.0 Å². The molecule has 0 radical (unpaired) electrons. The van der Waals surface area contributed by atoms with E-state index in [0.717, 1.165) is 23.1 Å². The zero-order chi connectivity index (χ0) is 11.2. The van der Waals surface area contributed by atoms with Crippen LogP contribution < -0.4 is 0 Å². The second-order valence-electron chi connectivity index (χ2n) is 4.17. The number of rotatable bonds is 1. The van der Waals surface area contributed by atoms with Crippen molar-refractivity contribution in [2.45, 2.75) is 18.4 Å². The summed E-state index contributed by atoms with van der Waals surface area (Å²) in [5.41, 5.74) is 1.78. The van der Waals surface area contributed by atoms with E-state index in [0.29, 0.717) is 6.42 Å². The van der Waals surface area contributed by atoms with E-state index >= 15 is 0 Å². The number of thiophene rings is 1. The van der Waals surface area contributed by atoms with Gasteiger partial charge in [0.05, 0.1) is 0 Å². The summed E-state index contributed by atoms with van der Waals surface area (Å²) in [4.78, 5) is 0. The Morgan fingerprint density at radius 3 is 2.94 bits per heavy atom. The van der Waals surface area contributed by atoms with Gasteiger partial charge in [0, 0.05) is 0 Å². The first kappa shape index (κ1) is 10.00. The van der Waals surface area contributed by atoms with Crippen LogP contribution in [0.4, 0.5) is 4.39 Å². The maximum atomic E-state index is 13.1. The maximum Gasteiger partial charge on any atom is 0.123 e. The van der Waals surface area contributed by atoms with Gasteiger partial charge in [0.1, 0.15) is 11.4 Å². The summed E-state index contributed by atoms with van der Waals surface area (Å²) in [5, 5.41) is 14.6. The lowest BCUT2D eigenvalue weighted by molar-refractivity contribution is 0.0834. The van der Waals surface area contributed by atoms with Gasteiger partial charge in [0.2, 0.25) is 0 Å². The highest BCUT2D eigenvalue weighted by Gasteiger charge is 2.38. The number of hydrogen-bond acceptors (Lipinski definition) is 2. The Bertz CT molecular complexity index is 521. The van der Waals surface area contributed by atoms with E-state index < -0.39 is 5.60 Å². The first-order valence-corrected chi connectivity index (χ1v) is 6.18. The molecule has 1 aromatic heterocycles. The molecular formula is C13H11FOS. The molecule has 0 saturated carbocycles. The minimum atomic E-state index is -0.914. The minimum Gasteiger partial charge on any atom is -0.380 e. The van der Waals surface area contributed by atoms with Gasteiger partial charge < -0.3 is 5.11 Å².